The molecule has 0 unspecified atom stereocenters. The molecule has 0 aliphatic carbocycles. The molecule has 0 aromatic heterocycles. The first kappa shape index (κ1) is 11.1. The summed E-state index contributed by atoms with van der Waals surface area (Å²) in [7, 11) is -4.20. The van der Waals surface area contributed by atoms with Gasteiger partial charge in [-0.15, -0.1) is 0 Å². The van der Waals surface area contributed by atoms with Crippen LogP contribution in [-0.2, 0) is 10.1 Å². The molecule has 4 N–H and O–H groups in total. The molecule has 0 fully saturated rings. The fourth-order valence-electron chi connectivity index (χ4n) is 1.68. The van der Waals surface area contributed by atoms with E-state index in [-0.39, 0.29) is 4.90 Å². The van der Waals surface area contributed by atoms with Gasteiger partial charge in [0.2, 0.25) is 0 Å². The van der Waals surface area contributed by atoms with Gasteiger partial charge in [-0.2, -0.15) is 8.42 Å². The van der Waals surface area contributed by atoms with Crippen molar-refractivity contribution in [3.05, 3.63) is 35.9 Å². The zero-order valence-corrected chi connectivity index (χ0v) is 9.58. The second-order valence-electron chi connectivity index (χ2n) is 3.79. The quantitative estimate of drug-likeness (QED) is 0.734. The van der Waals surface area contributed by atoms with Crippen LogP contribution in [-0.4, -0.2) is 13.0 Å². The zero-order valence-electron chi connectivity index (χ0n) is 8.77. The van der Waals surface area contributed by atoms with E-state index in [2.05, 4.69) is 5.73 Å². The van der Waals surface area contributed by atoms with Crippen molar-refractivity contribution in [2.75, 3.05) is 0 Å². The number of rotatable bonds is 1. The highest BCUT2D eigenvalue weighted by molar-refractivity contribution is 7.86. The molecule has 2 rings (SSSR count). The van der Waals surface area contributed by atoms with Crippen LogP contribution < -0.4 is 5.73 Å². The third-order valence-electron chi connectivity index (χ3n) is 2.45. The summed E-state index contributed by atoms with van der Waals surface area (Å²) in [5.74, 6) is 0. The lowest BCUT2D eigenvalue weighted by Crippen LogP contribution is -2.41. The van der Waals surface area contributed by atoms with Crippen molar-refractivity contribution < 1.29 is 18.7 Å². The minimum Gasteiger partial charge on any atom is -0.324 e. The predicted molar refractivity (Wildman–Crippen MR) is 61.0 cm³/mol. The smallest absolute Gasteiger partial charge is 0.300 e. The molecule has 16 heavy (non-hydrogen) atoms. The second kappa shape index (κ2) is 3.55. The Balaban J connectivity index is 2.84. The van der Waals surface area contributed by atoms with Crippen molar-refractivity contribution in [2.45, 2.75) is 11.8 Å². The molecule has 0 bridgehead atoms. The van der Waals surface area contributed by atoms with Crippen molar-refractivity contribution in [3.8, 4) is 0 Å². The molecule has 84 valence electrons. The number of fused-ring (bicyclic) bond motifs is 1. The Labute approximate surface area is 93.4 Å². The molecule has 0 saturated heterocycles. The molecule has 0 aliphatic heterocycles. The normalized spacial score (nSPS) is 11.9. The maximum Gasteiger partial charge on any atom is 0.300 e. The van der Waals surface area contributed by atoms with Gasteiger partial charge in [-0.05, 0) is 23.8 Å². The van der Waals surface area contributed by atoms with Crippen molar-refractivity contribution in [3.63, 3.8) is 0 Å². The molecule has 0 amide bonds. The lowest BCUT2D eigenvalue weighted by molar-refractivity contribution is -0.258. The van der Waals surface area contributed by atoms with Gasteiger partial charge < -0.3 is 5.73 Å². The van der Waals surface area contributed by atoms with Crippen LogP contribution >= 0.6 is 0 Å². The summed E-state index contributed by atoms with van der Waals surface area (Å²) in [5, 5.41) is 1.68. The number of quaternary nitrogens is 1. The summed E-state index contributed by atoms with van der Waals surface area (Å²) in [6.07, 6.45) is 0. The van der Waals surface area contributed by atoms with Crippen molar-refractivity contribution in [1.82, 2.24) is 0 Å². The number of hydrogen-bond acceptors (Lipinski definition) is 2. The van der Waals surface area contributed by atoms with E-state index < -0.39 is 10.1 Å². The van der Waals surface area contributed by atoms with Crippen molar-refractivity contribution >= 4 is 26.6 Å². The van der Waals surface area contributed by atoms with Crippen LogP contribution in [0.25, 0.3) is 10.8 Å². The highest BCUT2D eigenvalue weighted by atomic mass is 32.2. The van der Waals surface area contributed by atoms with Crippen LogP contribution in [0.4, 0.5) is 5.69 Å². The molecule has 0 radical (unpaired) electrons. The van der Waals surface area contributed by atoms with Gasteiger partial charge >= 0.3 is 0 Å². The Bertz CT molecular complexity index is 662. The fraction of sp³-hybridized carbons (Fsp3) is 0.0909. The Hall–Kier alpha value is -1.43. The summed E-state index contributed by atoms with van der Waals surface area (Å²) in [6.45, 7) is 1.92. The molecule has 2 aromatic carbocycles. The molecule has 0 spiro atoms. The lowest BCUT2D eigenvalue weighted by atomic mass is 10.1. The van der Waals surface area contributed by atoms with Crippen LogP contribution in [0, 0.1) is 6.92 Å². The largest absolute Gasteiger partial charge is 0.324 e. The number of hydrogen-bond donors (Lipinski definition) is 2. The van der Waals surface area contributed by atoms with Gasteiger partial charge in [0.1, 0.15) is 5.69 Å². The van der Waals surface area contributed by atoms with E-state index in [1.165, 1.54) is 6.07 Å². The summed E-state index contributed by atoms with van der Waals surface area (Å²) >= 11 is 0. The summed E-state index contributed by atoms with van der Waals surface area (Å²) < 4.78 is 31.2. The maximum atomic E-state index is 11.1. The maximum absolute atomic E-state index is 11.1. The highest BCUT2D eigenvalue weighted by Crippen LogP contribution is 2.25. The van der Waals surface area contributed by atoms with E-state index in [1.807, 2.05) is 25.1 Å². The van der Waals surface area contributed by atoms with Gasteiger partial charge in [0.05, 0.1) is 0 Å². The molecule has 0 saturated carbocycles. The SMILES string of the molecule is Cc1ccc2cc([NH3+])c(S(=O)(=O)O)cc2c1. The Kier molecular flexibility index (Phi) is 2.46. The molecule has 0 heterocycles. The predicted octanol–water partition coefficient (Wildman–Crippen LogP) is 1.27. The van der Waals surface area contributed by atoms with Gasteiger partial charge in [-0.1, -0.05) is 23.8 Å². The van der Waals surface area contributed by atoms with Crippen molar-refractivity contribution in [2.24, 2.45) is 0 Å². The standard InChI is InChI=1S/C11H11NO3S/c1-7-2-3-8-5-10(12)11(16(13,14)15)6-9(8)4-7/h2-6H,12H2,1H3,(H,13,14,15)/p+1. The van der Waals surface area contributed by atoms with Crippen LogP contribution in [0.2, 0.25) is 0 Å². The Morgan fingerprint density at radius 2 is 1.81 bits per heavy atom. The number of aryl methyl sites for hydroxylation is 1. The molecular weight excluding hydrogens is 226 g/mol. The van der Waals surface area contributed by atoms with Crippen molar-refractivity contribution in [1.29, 1.82) is 0 Å². The molecule has 4 nitrogen and oxygen atoms in total. The fourth-order valence-corrected chi connectivity index (χ4v) is 2.35. The van der Waals surface area contributed by atoms with Gasteiger partial charge in [0, 0.05) is 6.07 Å². The molecule has 0 atom stereocenters. The van der Waals surface area contributed by atoms with Gasteiger partial charge in [-0.25, -0.2) is 0 Å². The van der Waals surface area contributed by atoms with E-state index >= 15 is 0 Å². The average Bonchev–Trinajstić information content (AvgIpc) is 2.16. The monoisotopic (exact) mass is 238 g/mol. The zero-order chi connectivity index (χ0) is 11.9. The van der Waals surface area contributed by atoms with Gasteiger partial charge in [0.25, 0.3) is 10.1 Å². The van der Waals surface area contributed by atoms with Crippen LogP contribution in [0.3, 0.4) is 0 Å². The third kappa shape index (κ3) is 1.92. The summed E-state index contributed by atoms with van der Waals surface area (Å²) in [4.78, 5) is -0.134. The first-order valence-electron chi connectivity index (χ1n) is 4.72. The lowest BCUT2D eigenvalue weighted by Gasteiger charge is -2.03. The van der Waals surface area contributed by atoms with Crippen LogP contribution in [0.5, 0.6) is 0 Å². The molecular formula is C11H12NO3S+. The minimum atomic E-state index is -4.20. The molecule has 2 aromatic rings. The van der Waals surface area contributed by atoms with Gasteiger partial charge in [0.15, 0.2) is 4.90 Å². The van der Waals surface area contributed by atoms with E-state index in [0.29, 0.717) is 5.69 Å². The number of benzene rings is 2. The second-order valence-corrected chi connectivity index (χ2v) is 5.18. The van der Waals surface area contributed by atoms with Crippen LogP contribution in [0.15, 0.2) is 35.2 Å². The van der Waals surface area contributed by atoms with E-state index in [4.69, 9.17) is 4.55 Å². The van der Waals surface area contributed by atoms with Crippen LogP contribution in [0.1, 0.15) is 5.56 Å². The summed E-state index contributed by atoms with van der Waals surface area (Å²) in [6, 6.07) is 8.79. The molecule has 0 aliphatic rings. The van der Waals surface area contributed by atoms with Gasteiger partial charge in [-0.3, -0.25) is 4.55 Å². The molecule has 5 heteroatoms. The topological polar surface area (TPSA) is 82.0 Å². The minimum absolute atomic E-state index is 0.134. The Morgan fingerprint density at radius 3 is 2.44 bits per heavy atom. The average molecular weight is 238 g/mol. The Morgan fingerprint density at radius 1 is 1.12 bits per heavy atom. The van der Waals surface area contributed by atoms with E-state index in [9.17, 15) is 8.42 Å². The highest BCUT2D eigenvalue weighted by Gasteiger charge is 2.17. The first-order valence-corrected chi connectivity index (χ1v) is 6.16. The first-order chi connectivity index (χ1) is 7.38. The third-order valence-corrected chi connectivity index (χ3v) is 3.39. The summed E-state index contributed by atoms with van der Waals surface area (Å²) in [5.41, 5.74) is 4.96. The van der Waals surface area contributed by atoms with E-state index in [1.54, 1.807) is 6.07 Å². The van der Waals surface area contributed by atoms with E-state index in [0.717, 1.165) is 16.3 Å².